The van der Waals surface area contributed by atoms with Gasteiger partial charge < -0.3 is 4.74 Å². The molecule has 0 unspecified atom stereocenters. The van der Waals surface area contributed by atoms with Gasteiger partial charge >= 0.3 is 5.97 Å². The first kappa shape index (κ1) is 16.9. The number of carbonyl (C=O) groups is 1. The highest BCUT2D eigenvalue weighted by atomic mass is 28.3. The molecule has 0 saturated heterocycles. The molecule has 0 aliphatic carbocycles. The van der Waals surface area contributed by atoms with Crippen molar-refractivity contribution >= 4 is 14.0 Å². The number of esters is 1. The summed E-state index contributed by atoms with van der Waals surface area (Å²) in [6, 6.07) is 0. The highest BCUT2D eigenvalue weighted by molar-refractivity contribution is 6.83. The van der Waals surface area contributed by atoms with Gasteiger partial charge in [-0.2, -0.15) is 0 Å². The van der Waals surface area contributed by atoms with Crippen molar-refractivity contribution in [3.8, 4) is 17.3 Å². The second-order valence-corrected chi connectivity index (χ2v) is 11.0. The standard InChI is InChI=1S/C16H20N4O2Si/c1-11-9-18-14(10-17-11)20-12(2)13(7-8-23(4,5)6)19-15(20)16(21)22-3/h9-10H,1-6H3. The molecule has 6 nitrogen and oxygen atoms in total. The van der Waals surface area contributed by atoms with Crippen LogP contribution in [0.15, 0.2) is 12.4 Å². The fourth-order valence-corrected chi connectivity index (χ4v) is 2.37. The van der Waals surface area contributed by atoms with Crippen LogP contribution in [0, 0.1) is 25.3 Å². The molecule has 0 fully saturated rings. The van der Waals surface area contributed by atoms with E-state index in [1.165, 1.54) is 7.11 Å². The van der Waals surface area contributed by atoms with E-state index in [2.05, 4.69) is 46.1 Å². The van der Waals surface area contributed by atoms with E-state index in [9.17, 15) is 4.79 Å². The minimum atomic E-state index is -1.55. The fourth-order valence-electron chi connectivity index (χ4n) is 1.88. The van der Waals surface area contributed by atoms with Crippen molar-refractivity contribution in [1.29, 1.82) is 0 Å². The fraction of sp³-hybridized carbons (Fsp3) is 0.375. The van der Waals surface area contributed by atoms with Gasteiger partial charge in [-0.15, -0.1) is 5.54 Å². The molecule has 0 amide bonds. The minimum absolute atomic E-state index is 0.156. The summed E-state index contributed by atoms with van der Waals surface area (Å²) in [7, 11) is -0.223. The van der Waals surface area contributed by atoms with Crippen molar-refractivity contribution in [1.82, 2.24) is 19.5 Å². The molecule has 0 spiro atoms. The molecule has 0 bridgehead atoms. The topological polar surface area (TPSA) is 69.9 Å². The number of methoxy groups -OCH3 is 1. The Morgan fingerprint density at radius 1 is 1.22 bits per heavy atom. The van der Waals surface area contributed by atoms with Crippen LogP contribution in [0.2, 0.25) is 19.6 Å². The Hall–Kier alpha value is -2.46. The number of hydrogen-bond acceptors (Lipinski definition) is 5. The summed E-state index contributed by atoms with van der Waals surface area (Å²) in [5, 5.41) is 0. The average molecular weight is 328 g/mol. The summed E-state index contributed by atoms with van der Waals surface area (Å²) in [6.07, 6.45) is 3.25. The number of aryl methyl sites for hydroxylation is 1. The monoisotopic (exact) mass is 328 g/mol. The number of imidazole rings is 1. The Morgan fingerprint density at radius 3 is 2.43 bits per heavy atom. The summed E-state index contributed by atoms with van der Waals surface area (Å²) in [4.78, 5) is 24.9. The Labute approximate surface area is 137 Å². The van der Waals surface area contributed by atoms with Gasteiger partial charge in [0.15, 0.2) is 5.82 Å². The first-order chi connectivity index (χ1) is 10.7. The summed E-state index contributed by atoms with van der Waals surface area (Å²) >= 11 is 0. The third-order valence-electron chi connectivity index (χ3n) is 3.03. The second kappa shape index (κ2) is 6.34. The van der Waals surface area contributed by atoms with E-state index in [0.29, 0.717) is 11.5 Å². The first-order valence-electron chi connectivity index (χ1n) is 7.23. The number of rotatable bonds is 2. The maximum atomic E-state index is 12.0. The Morgan fingerprint density at radius 2 is 1.91 bits per heavy atom. The predicted molar refractivity (Wildman–Crippen MR) is 90.2 cm³/mol. The molecule has 0 aliphatic heterocycles. The van der Waals surface area contributed by atoms with Gasteiger partial charge in [-0.3, -0.25) is 9.55 Å². The van der Waals surface area contributed by atoms with Crippen LogP contribution >= 0.6 is 0 Å². The summed E-state index contributed by atoms with van der Waals surface area (Å²) in [5.74, 6) is 3.24. The van der Waals surface area contributed by atoms with E-state index >= 15 is 0 Å². The SMILES string of the molecule is COC(=O)c1nc(C#C[Si](C)(C)C)c(C)n1-c1cnc(C)cn1. The molecule has 0 saturated carbocycles. The Bertz CT molecular complexity index is 792. The van der Waals surface area contributed by atoms with Gasteiger partial charge in [-0.1, -0.05) is 25.6 Å². The lowest BCUT2D eigenvalue weighted by molar-refractivity contribution is 0.0584. The van der Waals surface area contributed by atoms with Gasteiger partial charge in [0, 0.05) is 0 Å². The molecule has 2 heterocycles. The van der Waals surface area contributed by atoms with Crippen molar-refractivity contribution in [3.05, 3.63) is 35.3 Å². The molecule has 2 rings (SSSR count). The molecule has 0 N–H and O–H groups in total. The maximum Gasteiger partial charge on any atom is 0.374 e. The lowest BCUT2D eigenvalue weighted by Gasteiger charge is -2.07. The number of nitrogens with zero attached hydrogens (tertiary/aromatic N) is 4. The lowest BCUT2D eigenvalue weighted by atomic mass is 10.3. The molecule has 0 aliphatic rings. The molecule has 2 aromatic rings. The van der Waals surface area contributed by atoms with Gasteiger partial charge in [0.25, 0.3) is 0 Å². The average Bonchev–Trinajstić information content (AvgIpc) is 2.81. The molecule has 0 aromatic carbocycles. The smallest absolute Gasteiger partial charge is 0.374 e. The van der Waals surface area contributed by atoms with E-state index in [1.807, 2.05) is 13.8 Å². The van der Waals surface area contributed by atoms with Gasteiger partial charge in [-0.25, -0.2) is 14.8 Å². The molecule has 120 valence electrons. The first-order valence-corrected chi connectivity index (χ1v) is 10.7. The van der Waals surface area contributed by atoms with Gasteiger partial charge in [0.1, 0.15) is 13.8 Å². The Balaban J connectivity index is 2.63. The third kappa shape index (κ3) is 3.84. The van der Waals surface area contributed by atoms with Crippen molar-refractivity contribution in [2.75, 3.05) is 7.11 Å². The summed E-state index contributed by atoms with van der Waals surface area (Å²) < 4.78 is 6.46. The van der Waals surface area contributed by atoms with E-state index in [-0.39, 0.29) is 5.82 Å². The van der Waals surface area contributed by atoms with Crippen LogP contribution in [0.1, 0.15) is 27.7 Å². The quantitative estimate of drug-likeness (QED) is 0.480. The lowest BCUT2D eigenvalue weighted by Crippen LogP contribution is -2.16. The Kier molecular flexibility index (Phi) is 4.66. The van der Waals surface area contributed by atoms with E-state index in [4.69, 9.17) is 4.74 Å². The second-order valence-electron chi connectivity index (χ2n) is 6.21. The maximum absolute atomic E-state index is 12.0. The van der Waals surface area contributed by atoms with E-state index in [1.54, 1.807) is 17.0 Å². The molecular weight excluding hydrogens is 308 g/mol. The number of ether oxygens (including phenoxy) is 1. The zero-order chi connectivity index (χ0) is 17.2. The molecule has 2 aromatic heterocycles. The largest absolute Gasteiger partial charge is 0.463 e. The van der Waals surface area contributed by atoms with Crippen LogP contribution in [0.5, 0.6) is 0 Å². The predicted octanol–water partition coefficient (Wildman–Crippen LogP) is 2.29. The van der Waals surface area contributed by atoms with Gasteiger partial charge in [0.2, 0.25) is 5.82 Å². The van der Waals surface area contributed by atoms with Crippen molar-refractivity contribution in [3.63, 3.8) is 0 Å². The zero-order valence-corrected chi connectivity index (χ0v) is 15.3. The number of hydrogen-bond donors (Lipinski definition) is 0. The van der Waals surface area contributed by atoms with Crippen molar-refractivity contribution in [2.24, 2.45) is 0 Å². The third-order valence-corrected chi connectivity index (χ3v) is 3.90. The normalized spacial score (nSPS) is 10.9. The summed E-state index contributed by atoms with van der Waals surface area (Å²) in [6.45, 7) is 10.2. The van der Waals surface area contributed by atoms with Crippen molar-refractivity contribution in [2.45, 2.75) is 33.5 Å². The minimum Gasteiger partial charge on any atom is -0.463 e. The molecule has 7 heteroatoms. The van der Waals surface area contributed by atoms with E-state index < -0.39 is 14.0 Å². The highest BCUT2D eigenvalue weighted by Crippen LogP contribution is 2.17. The van der Waals surface area contributed by atoms with Crippen molar-refractivity contribution < 1.29 is 9.53 Å². The van der Waals surface area contributed by atoms with Crippen LogP contribution in [0.25, 0.3) is 5.82 Å². The van der Waals surface area contributed by atoms with E-state index in [0.717, 1.165) is 11.4 Å². The summed E-state index contributed by atoms with van der Waals surface area (Å²) in [5.41, 5.74) is 5.37. The highest BCUT2D eigenvalue weighted by Gasteiger charge is 2.22. The molecule has 0 radical (unpaired) electrons. The van der Waals surface area contributed by atoms with Crippen LogP contribution in [0.3, 0.4) is 0 Å². The molecular formula is C16H20N4O2Si. The number of aromatic nitrogens is 4. The number of carbonyl (C=O) groups excluding carboxylic acids is 1. The van der Waals surface area contributed by atoms with Crippen LogP contribution in [0.4, 0.5) is 0 Å². The van der Waals surface area contributed by atoms with Crippen LogP contribution < -0.4 is 0 Å². The van der Waals surface area contributed by atoms with Gasteiger partial charge in [-0.05, 0) is 13.8 Å². The van der Waals surface area contributed by atoms with Crippen LogP contribution in [-0.4, -0.2) is 40.7 Å². The molecule has 0 atom stereocenters. The molecule has 23 heavy (non-hydrogen) atoms. The van der Waals surface area contributed by atoms with Crippen LogP contribution in [-0.2, 0) is 4.74 Å². The van der Waals surface area contributed by atoms with Gasteiger partial charge in [0.05, 0.1) is 30.9 Å². The zero-order valence-electron chi connectivity index (χ0n) is 14.3.